The van der Waals surface area contributed by atoms with Gasteiger partial charge in [-0.15, -0.1) is 0 Å². The Kier molecular flexibility index (Phi) is 3.36. The Labute approximate surface area is 120 Å². The molecule has 90 valence electrons. The summed E-state index contributed by atoms with van der Waals surface area (Å²) in [7, 11) is 0. The van der Waals surface area contributed by atoms with Crippen LogP contribution in [0, 0.1) is 0 Å². The maximum atomic E-state index is 2.37. The van der Waals surface area contributed by atoms with E-state index in [-0.39, 0.29) is 0 Å². The molecule has 2 nitrogen and oxygen atoms in total. The molecule has 3 rings (SSSR count). The molecule has 0 saturated carbocycles. The molecular formula is C15H14N2Te. The fourth-order valence-corrected chi connectivity index (χ4v) is 3.35. The summed E-state index contributed by atoms with van der Waals surface area (Å²) in [5.74, 6) is 0. The van der Waals surface area contributed by atoms with Crippen LogP contribution in [0.4, 0.5) is 11.4 Å². The van der Waals surface area contributed by atoms with Gasteiger partial charge in [-0.2, -0.15) is 0 Å². The number of nitrogens with zero attached hydrogens (tertiary/aromatic N) is 2. The molecule has 0 spiro atoms. The summed E-state index contributed by atoms with van der Waals surface area (Å²) in [6, 6.07) is 21.2. The van der Waals surface area contributed by atoms with Crippen LogP contribution >= 0.6 is 0 Å². The first kappa shape index (κ1) is 11.8. The number of anilines is 2. The molecule has 0 bridgehead atoms. The Morgan fingerprint density at radius 3 is 1.44 bits per heavy atom. The molecule has 18 heavy (non-hydrogen) atoms. The second kappa shape index (κ2) is 5.14. The van der Waals surface area contributed by atoms with E-state index in [1.165, 1.54) is 15.2 Å². The minimum absolute atomic E-state index is 1.05. The van der Waals surface area contributed by atoms with Gasteiger partial charge in [0.25, 0.3) is 0 Å². The SMILES string of the molecule is [Te]=C1N(c2ccccc2)CCN1c1ccccc1. The summed E-state index contributed by atoms with van der Waals surface area (Å²) >= 11 is 2.11. The minimum atomic E-state index is 1.05. The van der Waals surface area contributed by atoms with Gasteiger partial charge >= 0.3 is 121 Å². The second-order valence-corrected chi connectivity index (χ2v) is 5.30. The third kappa shape index (κ3) is 2.16. The number of para-hydroxylation sites is 2. The number of benzene rings is 2. The van der Waals surface area contributed by atoms with Crippen molar-refractivity contribution in [3.63, 3.8) is 0 Å². The van der Waals surface area contributed by atoms with E-state index in [1.54, 1.807) is 0 Å². The van der Waals surface area contributed by atoms with Crippen LogP contribution in [0.1, 0.15) is 0 Å². The molecule has 0 radical (unpaired) electrons. The summed E-state index contributed by atoms with van der Waals surface area (Å²) in [4.78, 5) is 4.74. The van der Waals surface area contributed by atoms with Crippen molar-refractivity contribution in [3.8, 4) is 0 Å². The van der Waals surface area contributed by atoms with Gasteiger partial charge in [-0.25, -0.2) is 0 Å². The van der Waals surface area contributed by atoms with Crippen LogP contribution in [0.3, 0.4) is 0 Å². The number of hydrogen-bond donors (Lipinski definition) is 0. The Hall–Kier alpha value is -1.30. The molecule has 0 unspecified atom stereocenters. The molecular weight excluding hydrogens is 336 g/mol. The molecule has 1 aliphatic rings. The predicted octanol–water partition coefficient (Wildman–Crippen LogP) is 2.27. The number of rotatable bonds is 2. The molecule has 1 fully saturated rings. The van der Waals surface area contributed by atoms with Crippen LogP contribution in [0.5, 0.6) is 0 Å². The van der Waals surface area contributed by atoms with E-state index in [4.69, 9.17) is 0 Å². The van der Waals surface area contributed by atoms with Crippen LogP contribution in [0.25, 0.3) is 0 Å². The molecule has 0 aliphatic carbocycles. The predicted molar refractivity (Wildman–Crippen MR) is 78.3 cm³/mol. The van der Waals surface area contributed by atoms with E-state index >= 15 is 0 Å². The average molecular weight is 350 g/mol. The zero-order valence-electron chi connectivity index (χ0n) is 9.99. The van der Waals surface area contributed by atoms with Crippen LogP contribution in [0.2, 0.25) is 0 Å². The summed E-state index contributed by atoms with van der Waals surface area (Å²) < 4.78 is 1.31. The Morgan fingerprint density at radius 2 is 1.06 bits per heavy atom. The van der Waals surface area contributed by atoms with Gasteiger partial charge in [0.2, 0.25) is 0 Å². The molecule has 0 atom stereocenters. The van der Waals surface area contributed by atoms with E-state index < -0.39 is 0 Å². The van der Waals surface area contributed by atoms with Gasteiger partial charge in [-0.3, -0.25) is 0 Å². The normalized spacial score (nSPS) is 15.2. The topological polar surface area (TPSA) is 6.48 Å². The molecule has 0 aromatic heterocycles. The average Bonchev–Trinajstić information content (AvgIpc) is 2.83. The third-order valence-corrected chi connectivity index (χ3v) is 4.40. The first-order chi connectivity index (χ1) is 8.86. The molecule has 1 saturated heterocycles. The number of hydrogen-bond acceptors (Lipinski definition) is 2. The summed E-state index contributed by atoms with van der Waals surface area (Å²) in [6.07, 6.45) is 0. The zero-order chi connectivity index (χ0) is 12.4. The summed E-state index contributed by atoms with van der Waals surface area (Å²) in [5.41, 5.74) is 2.55. The molecule has 2 aromatic carbocycles. The van der Waals surface area contributed by atoms with Gasteiger partial charge in [0, 0.05) is 0 Å². The van der Waals surface area contributed by atoms with Crippen molar-refractivity contribution in [2.45, 2.75) is 0 Å². The third-order valence-electron chi connectivity index (χ3n) is 3.14. The van der Waals surface area contributed by atoms with Crippen LogP contribution in [0.15, 0.2) is 60.7 Å². The molecule has 1 aliphatic heterocycles. The van der Waals surface area contributed by atoms with Crippen molar-refractivity contribution in [1.29, 1.82) is 0 Å². The van der Waals surface area contributed by atoms with Crippen molar-refractivity contribution in [2.75, 3.05) is 22.9 Å². The fourth-order valence-electron chi connectivity index (χ4n) is 2.23. The first-order valence-corrected chi connectivity index (χ1v) is 7.22. The van der Waals surface area contributed by atoms with Crippen LogP contribution < -0.4 is 9.80 Å². The second-order valence-electron chi connectivity index (χ2n) is 4.26. The van der Waals surface area contributed by atoms with E-state index in [1.807, 2.05) is 0 Å². The van der Waals surface area contributed by atoms with E-state index in [2.05, 4.69) is 92.3 Å². The van der Waals surface area contributed by atoms with Crippen LogP contribution in [-0.4, -0.2) is 38.7 Å². The monoisotopic (exact) mass is 352 g/mol. The standard InChI is InChI=1S/C15H14N2Te/c18-15-16(13-7-3-1-4-8-13)11-12-17(15)14-9-5-2-6-10-14/h1-10H,11-12H2. The molecule has 1 heterocycles. The van der Waals surface area contributed by atoms with Crippen LogP contribution in [-0.2, 0) is 0 Å². The maximum absolute atomic E-state index is 2.37. The van der Waals surface area contributed by atoms with Crippen molar-refractivity contribution < 1.29 is 0 Å². The van der Waals surface area contributed by atoms with Gasteiger partial charge in [-0.1, -0.05) is 0 Å². The molecule has 2 aromatic rings. The van der Waals surface area contributed by atoms with Crippen molar-refractivity contribution in [2.24, 2.45) is 0 Å². The van der Waals surface area contributed by atoms with E-state index in [9.17, 15) is 0 Å². The first-order valence-electron chi connectivity index (χ1n) is 6.05. The van der Waals surface area contributed by atoms with Gasteiger partial charge in [0.05, 0.1) is 0 Å². The van der Waals surface area contributed by atoms with Gasteiger partial charge in [0.15, 0.2) is 0 Å². The van der Waals surface area contributed by atoms with Crippen molar-refractivity contribution in [1.82, 2.24) is 0 Å². The van der Waals surface area contributed by atoms with Crippen molar-refractivity contribution >= 4 is 37.0 Å². The van der Waals surface area contributed by atoms with E-state index in [0.29, 0.717) is 0 Å². The molecule has 3 heteroatoms. The fraction of sp³-hybridized carbons (Fsp3) is 0.133. The van der Waals surface area contributed by atoms with Crippen molar-refractivity contribution in [3.05, 3.63) is 60.7 Å². The summed E-state index contributed by atoms with van der Waals surface area (Å²) in [5, 5.41) is 0. The summed E-state index contributed by atoms with van der Waals surface area (Å²) in [6.45, 7) is 2.10. The molecule has 0 N–H and O–H groups in total. The Balaban J connectivity index is 1.86. The van der Waals surface area contributed by atoms with Gasteiger partial charge < -0.3 is 0 Å². The zero-order valence-corrected chi connectivity index (χ0v) is 12.3. The Bertz CT molecular complexity index is 489. The van der Waals surface area contributed by atoms with Gasteiger partial charge in [0.1, 0.15) is 0 Å². The Morgan fingerprint density at radius 1 is 0.667 bits per heavy atom. The van der Waals surface area contributed by atoms with E-state index in [0.717, 1.165) is 13.1 Å². The molecule has 0 amide bonds. The quantitative estimate of drug-likeness (QED) is 0.767. The van der Waals surface area contributed by atoms with Gasteiger partial charge in [-0.05, 0) is 0 Å².